The van der Waals surface area contributed by atoms with E-state index in [0.717, 1.165) is 28.3 Å². The molecule has 0 unspecified atom stereocenters. The van der Waals surface area contributed by atoms with Crippen LogP contribution in [-0.2, 0) is 11.2 Å². The number of primary amides is 1. The van der Waals surface area contributed by atoms with Crippen molar-refractivity contribution in [3.05, 3.63) is 58.5 Å². The number of hydrogen-bond acceptors (Lipinski definition) is 4. The molecule has 26 heavy (non-hydrogen) atoms. The number of nitrogens with one attached hydrogen (secondary N) is 1. The Balaban J connectivity index is 1.73. The molecule has 0 aliphatic carbocycles. The smallest absolute Gasteiger partial charge is 0.248 e. The van der Waals surface area contributed by atoms with E-state index in [1.165, 1.54) is 0 Å². The van der Waals surface area contributed by atoms with E-state index >= 15 is 0 Å². The van der Waals surface area contributed by atoms with Crippen molar-refractivity contribution in [1.29, 1.82) is 0 Å². The molecular weight excluding hydrogens is 330 g/mol. The quantitative estimate of drug-likeness (QED) is 0.736. The molecule has 0 atom stereocenters. The fraction of sp³-hybridized carbons (Fsp3) is 0.263. The molecule has 0 saturated carbocycles. The highest BCUT2D eigenvalue weighted by atomic mass is 16.2. The van der Waals surface area contributed by atoms with Crippen molar-refractivity contribution in [2.75, 3.05) is 5.32 Å². The third kappa shape index (κ3) is 3.56. The standard InChI is InChI=1S/C19H21N5O2/c1-11-9-17-21-12(2)16(13(3)24(17)23-11)7-8-18(25)22-15-6-4-5-14(10-15)19(20)26/h4-6,9-10H,7-8H2,1-3H3,(H2,20,26)(H,22,25). The van der Waals surface area contributed by atoms with E-state index in [1.54, 1.807) is 24.3 Å². The molecule has 0 aliphatic heterocycles. The van der Waals surface area contributed by atoms with Gasteiger partial charge in [-0.25, -0.2) is 9.50 Å². The lowest BCUT2D eigenvalue weighted by molar-refractivity contribution is -0.116. The minimum atomic E-state index is -0.527. The van der Waals surface area contributed by atoms with Crippen molar-refractivity contribution in [3.8, 4) is 0 Å². The van der Waals surface area contributed by atoms with Crippen molar-refractivity contribution >= 4 is 23.1 Å². The van der Waals surface area contributed by atoms with Crippen molar-refractivity contribution in [2.45, 2.75) is 33.6 Å². The van der Waals surface area contributed by atoms with Gasteiger partial charge < -0.3 is 11.1 Å². The van der Waals surface area contributed by atoms with E-state index < -0.39 is 5.91 Å². The summed E-state index contributed by atoms with van der Waals surface area (Å²) in [5.41, 5.74) is 10.8. The van der Waals surface area contributed by atoms with Crippen LogP contribution >= 0.6 is 0 Å². The van der Waals surface area contributed by atoms with Crippen molar-refractivity contribution in [2.24, 2.45) is 5.73 Å². The Morgan fingerprint density at radius 1 is 1.19 bits per heavy atom. The molecule has 3 rings (SSSR count). The number of aryl methyl sites for hydroxylation is 3. The maximum Gasteiger partial charge on any atom is 0.248 e. The average molecular weight is 351 g/mol. The van der Waals surface area contributed by atoms with Crippen molar-refractivity contribution < 1.29 is 9.59 Å². The molecule has 0 bridgehead atoms. The van der Waals surface area contributed by atoms with Crippen LogP contribution in [0.1, 0.15) is 39.4 Å². The molecule has 2 amide bonds. The van der Waals surface area contributed by atoms with Gasteiger partial charge in [0.1, 0.15) is 0 Å². The largest absolute Gasteiger partial charge is 0.366 e. The zero-order valence-corrected chi connectivity index (χ0v) is 15.0. The number of benzene rings is 1. The molecule has 1 aromatic carbocycles. The summed E-state index contributed by atoms with van der Waals surface area (Å²) in [5, 5.41) is 7.24. The lowest BCUT2D eigenvalue weighted by Gasteiger charge is -2.11. The van der Waals surface area contributed by atoms with E-state index in [9.17, 15) is 9.59 Å². The predicted molar refractivity (Wildman–Crippen MR) is 99.1 cm³/mol. The number of hydrogen-bond donors (Lipinski definition) is 2. The number of rotatable bonds is 5. The first-order valence-electron chi connectivity index (χ1n) is 8.37. The Morgan fingerprint density at radius 2 is 1.96 bits per heavy atom. The fourth-order valence-electron chi connectivity index (χ4n) is 3.02. The van der Waals surface area contributed by atoms with Crippen LogP contribution in [0, 0.1) is 20.8 Å². The molecule has 2 heterocycles. The van der Waals surface area contributed by atoms with Gasteiger partial charge in [0.05, 0.1) is 5.69 Å². The van der Waals surface area contributed by atoms with E-state index in [-0.39, 0.29) is 5.91 Å². The molecule has 0 fully saturated rings. The third-order valence-corrected chi connectivity index (χ3v) is 4.32. The first kappa shape index (κ1) is 17.6. The second-order valence-corrected chi connectivity index (χ2v) is 6.31. The van der Waals surface area contributed by atoms with Gasteiger partial charge in [-0.2, -0.15) is 5.10 Å². The minimum absolute atomic E-state index is 0.137. The molecule has 3 N–H and O–H groups in total. The third-order valence-electron chi connectivity index (χ3n) is 4.32. The second kappa shape index (κ2) is 6.95. The molecule has 134 valence electrons. The Bertz CT molecular complexity index is 1010. The van der Waals surface area contributed by atoms with E-state index in [4.69, 9.17) is 5.73 Å². The van der Waals surface area contributed by atoms with E-state index in [1.807, 2.05) is 31.4 Å². The number of aromatic nitrogens is 3. The Morgan fingerprint density at radius 3 is 2.69 bits per heavy atom. The second-order valence-electron chi connectivity index (χ2n) is 6.31. The van der Waals surface area contributed by atoms with Crippen LogP contribution in [0.25, 0.3) is 5.65 Å². The number of carbonyl (C=O) groups excluding carboxylic acids is 2. The van der Waals surface area contributed by atoms with Gasteiger partial charge in [0.25, 0.3) is 0 Å². The summed E-state index contributed by atoms with van der Waals surface area (Å²) in [5.74, 6) is -0.664. The van der Waals surface area contributed by atoms with Gasteiger partial charge in [-0.15, -0.1) is 0 Å². The molecular formula is C19H21N5O2. The van der Waals surface area contributed by atoms with Crippen LogP contribution in [0.2, 0.25) is 0 Å². The topological polar surface area (TPSA) is 102 Å². The molecule has 0 saturated heterocycles. The van der Waals surface area contributed by atoms with Gasteiger partial charge in [-0.05, 0) is 51.0 Å². The lowest BCUT2D eigenvalue weighted by Crippen LogP contribution is -2.15. The number of carbonyl (C=O) groups is 2. The van der Waals surface area contributed by atoms with Crippen LogP contribution in [-0.4, -0.2) is 26.4 Å². The van der Waals surface area contributed by atoms with Crippen molar-refractivity contribution in [3.63, 3.8) is 0 Å². The number of anilines is 1. The molecule has 2 aromatic heterocycles. The molecule has 7 heteroatoms. The van der Waals surface area contributed by atoms with Gasteiger partial charge in [-0.3, -0.25) is 9.59 Å². The lowest BCUT2D eigenvalue weighted by atomic mass is 10.1. The number of fused-ring (bicyclic) bond motifs is 1. The van der Waals surface area contributed by atoms with Crippen LogP contribution in [0.4, 0.5) is 5.69 Å². The van der Waals surface area contributed by atoms with E-state index in [0.29, 0.717) is 24.1 Å². The van der Waals surface area contributed by atoms with Crippen molar-refractivity contribution in [1.82, 2.24) is 14.6 Å². The molecule has 7 nitrogen and oxygen atoms in total. The fourth-order valence-corrected chi connectivity index (χ4v) is 3.02. The monoisotopic (exact) mass is 351 g/mol. The minimum Gasteiger partial charge on any atom is -0.366 e. The van der Waals surface area contributed by atoms with Gasteiger partial charge in [-0.1, -0.05) is 6.07 Å². The maximum atomic E-state index is 12.3. The molecule has 0 spiro atoms. The van der Waals surface area contributed by atoms with Crippen LogP contribution in [0.3, 0.4) is 0 Å². The van der Waals surface area contributed by atoms with Gasteiger partial charge >= 0.3 is 0 Å². The highest BCUT2D eigenvalue weighted by Crippen LogP contribution is 2.18. The first-order chi connectivity index (χ1) is 12.3. The number of amides is 2. The summed E-state index contributed by atoms with van der Waals surface area (Å²) in [6.07, 6.45) is 0.858. The highest BCUT2D eigenvalue weighted by Gasteiger charge is 2.13. The molecule has 3 aromatic rings. The summed E-state index contributed by atoms with van der Waals surface area (Å²) < 4.78 is 1.81. The summed E-state index contributed by atoms with van der Waals surface area (Å²) in [4.78, 5) is 28.1. The first-order valence-corrected chi connectivity index (χ1v) is 8.37. The van der Waals surface area contributed by atoms with Crippen LogP contribution in [0.15, 0.2) is 30.3 Å². The normalized spacial score (nSPS) is 10.9. The van der Waals surface area contributed by atoms with Gasteiger partial charge in [0.2, 0.25) is 11.8 Å². The predicted octanol–water partition coefficient (Wildman–Crippen LogP) is 2.32. The highest BCUT2D eigenvalue weighted by molar-refractivity contribution is 5.96. The summed E-state index contributed by atoms with van der Waals surface area (Å²) in [7, 11) is 0. The van der Waals surface area contributed by atoms with Gasteiger partial charge in [0, 0.05) is 35.1 Å². The van der Waals surface area contributed by atoms with Crippen LogP contribution in [0.5, 0.6) is 0 Å². The number of nitrogens with zero attached hydrogens (tertiary/aromatic N) is 3. The summed E-state index contributed by atoms with van der Waals surface area (Å²) >= 11 is 0. The summed E-state index contributed by atoms with van der Waals surface area (Å²) in [6, 6.07) is 8.51. The Hall–Kier alpha value is -3.22. The Labute approximate surface area is 151 Å². The molecule has 0 radical (unpaired) electrons. The zero-order chi connectivity index (χ0) is 18.8. The molecule has 0 aliphatic rings. The SMILES string of the molecule is Cc1cc2nc(C)c(CCC(=O)Nc3cccc(C(N)=O)c3)c(C)n2n1. The van der Waals surface area contributed by atoms with E-state index in [2.05, 4.69) is 15.4 Å². The zero-order valence-electron chi connectivity index (χ0n) is 15.0. The van der Waals surface area contributed by atoms with Gasteiger partial charge in [0.15, 0.2) is 5.65 Å². The summed E-state index contributed by atoms with van der Waals surface area (Å²) in [6.45, 7) is 5.85. The maximum absolute atomic E-state index is 12.3. The Kier molecular flexibility index (Phi) is 4.71. The number of nitrogens with two attached hydrogens (primary N) is 1. The van der Waals surface area contributed by atoms with Crippen LogP contribution < -0.4 is 11.1 Å². The average Bonchev–Trinajstić information content (AvgIpc) is 2.95.